The van der Waals surface area contributed by atoms with Crippen LogP contribution in [-0.2, 0) is 6.54 Å². The number of rotatable bonds is 4. The van der Waals surface area contributed by atoms with Gasteiger partial charge in [-0.3, -0.25) is 0 Å². The minimum atomic E-state index is -0.277. The summed E-state index contributed by atoms with van der Waals surface area (Å²) in [5.74, 6) is -0.277. The minimum Gasteiger partial charge on any atom is -0.308 e. The highest BCUT2D eigenvalue weighted by Crippen LogP contribution is 2.27. The second-order valence-electron chi connectivity index (χ2n) is 4.29. The first-order valence-corrected chi connectivity index (χ1v) is 7.34. The number of hydrogen-bond acceptors (Lipinski definition) is 4. The van der Waals surface area contributed by atoms with E-state index in [1.165, 1.54) is 30.2 Å². The Morgan fingerprint density at radius 3 is 2.94 bits per heavy atom. The average Bonchev–Trinajstić information content (AvgIpc) is 3.08. The van der Waals surface area contributed by atoms with E-state index in [-0.39, 0.29) is 5.82 Å². The molecule has 1 N–H and O–H groups in total. The number of hydrogen-bond donors (Lipinski definition) is 1. The average molecular weight is 328 g/mol. The van der Waals surface area contributed by atoms with Gasteiger partial charge in [0.05, 0.1) is 4.47 Å². The number of nitrogens with one attached hydrogen (secondary N) is 1. The molecule has 0 atom stereocenters. The van der Waals surface area contributed by atoms with Crippen LogP contribution >= 0.6 is 27.3 Å². The summed E-state index contributed by atoms with van der Waals surface area (Å²) in [6, 6.07) is 5.66. The van der Waals surface area contributed by atoms with E-state index in [0.717, 1.165) is 22.1 Å². The molecule has 1 aromatic heterocycles. The van der Waals surface area contributed by atoms with Crippen molar-refractivity contribution in [1.82, 2.24) is 15.5 Å². The van der Waals surface area contributed by atoms with Crippen LogP contribution < -0.4 is 5.32 Å². The molecule has 6 heteroatoms. The molecule has 0 spiro atoms. The van der Waals surface area contributed by atoms with Gasteiger partial charge in [-0.05, 0) is 40.9 Å². The highest BCUT2D eigenvalue weighted by molar-refractivity contribution is 9.10. The highest BCUT2D eigenvalue weighted by atomic mass is 79.9. The van der Waals surface area contributed by atoms with Crippen LogP contribution in [0.25, 0.3) is 10.6 Å². The van der Waals surface area contributed by atoms with Crippen LogP contribution in [0.15, 0.2) is 22.7 Å². The molecule has 0 saturated heterocycles. The van der Waals surface area contributed by atoms with Crippen molar-refractivity contribution in [2.75, 3.05) is 0 Å². The molecule has 0 radical (unpaired) electrons. The molecule has 3 rings (SSSR count). The maximum absolute atomic E-state index is 13.4. The molecule has 0 bridgehead atoms. The Kier molecular flexibility index (Phi) is 3.41. The van der Waals surface area contributed by atoms with E-state index in [1.54, 1.807) is 6.07 Å². The lowest BCUT2D eigenvalue weighted by Crippen LogP contribution is -2.14. The van der Waals surface area contributed by atoms with Crippen molar-refractivity contribution >= 4 is 27.3 Å². The fraction of sp³-hybridized carbons (Fsp3) is 0.333. The third kappa shape index (κ3) is 2.76. The highest BCUT2D eigenvalue weighted by Gasteiger charge is 2.20. The zero-order valence-electron chi connectivity index (χ0n) is 9.49. The predicted octanol–water partition coefficient (Wildman–Crippen LogP) is 3.36. The normalized spacial score (nSPS) is 15.0. The van der Waals surface area contributed by atoms with Crippen molar-refractivity contribution in [3.8, 4) is 10.6 Å². The smallest absolute Gasteiger partial charge is 0.147 e. The third-order valence-electron chi connectivity index (χ3n) is 2.75. The largest absolute Gasteiger partial charge is 0.308 e. The van der Waals surface area contributed by atoms with E-state index in [1.807, 2.05) is 6.07 Å². The first-order valence-electron chi connectivity index (χ1n) is 5.73. The SMILES string of the molecule is Fc1cc(-c2nnc(CNC3CC3)s2)ccc1Br. The topological polar surface area (TPSA) is 37.8 Å². The molecule has 3 nitrogen and oxygen atoms in total. The number of halogens is 2. The third-order valence-corrected chi connectivity index (χ3v) is 4.37. The van der Waals surface area contributed by atoms with Crippen LogP contribution in [0.3, 0.4) is 0 Å². The quantitative estimate of drug-likeness (QED) is 0.935. The Morgan fingerprint density at radius 1 is 1.39 bits per heavy atom. The molecule has 1 aliphatic rings. The summed E-state index contributed by atoms with van der Waals surface area (Å²) in [6.45, 7) is 0.751. The van der Waals surface area contributed by atoms with Gasteiger partial charge in [0.25, 0.3) is 0 Å². The van der Waals surface area contributed by atoms with Crippen LogP contribution in [0, 0.1) is 5.82 Å². The van der Waals surface area contributed by atoms with Gasteiger partial charge >= 0.3 is 0 Å². The van der Waals surface area contributed by atoms with Crippen molar-refractivity contribution in [3.05, 3.63) is 33.5 Å². The van der Waals surface area contributed by atoms with E-state index >= 15 is 0 Å². The standard InChI is InChI=1S/C12H11BrFN3S/c13-9-4-1-7(5-10(9)14)12-17-16-11(18-12)6-15-8-2-3-8/h1,4-5,8,15H,2-3,6H2. The Hall–Kier alpha value is -0.850. The molecule has 1 heterocycles. The maximum Gasteiger partial charge on any atom is 0.147 e. The fourth-order valence-electron chi connectivity index (χ4n) is 1.59. The molecule has 18 heavy (non-hydrogen) atoms. The zero-order valence-corrected chi connectivity index (χ0v) is 11.9. The number of nitrogens with zero attached hydrogens (tertiary/aromatic N) is 2. The maximum atomic E-state index is 13.4. The first kappa shape index (κ1) is 12.2. The van der Waals surface area contributed by atoms with Crippen LogP contribution in [0.5, 0.6) is 0 Å². The molecule has 1 aliphatic carbocycles. The van der Waals surface area contributed by atoms with Gasteiger partial charge in [-0.25, -0.2) is 4.39 Å². The molecule has 0 unspecified atom stereocenters. The van der Waals surface area contributed by atoms with E-state index < -0.39 is 0 Å². The molecule has 1 saturated carbocycles. The Balaban J connectivity index is 1.76. The number of benzene rings is 1. The van der Waals surface area contributed by atoms with Gasteiger partial charge < -0.3 is 5.32 Å². The van der Waals surface area contributed by atoms with Gasteiger partial charge in [0.1, 0.15) is 15.8 Å². The molecule has 94 valence electrons. The molecule has 0 amide bonds. The molecular weight excluding hydrogens is 317 g/mol. The summed E-state index contributed by atoms with van der Waals surface area (Å²) in [7, 11) is 0. The first-order chi connectivity index (χ1) is 8.72. The van der Waals surface area contributed by atoms with Crippen LogP contribution in [0.2, 0.25) is 0 Å². The molecule has 0 aliphatic heterocycles. The van der Waals surface area contributed by atoms with E-state index in [9.17, 15) is 4.39 Å². The number of aromatic nitrogens is 2. The van der Waals surface area contributed by atoms with Gasteiger partial charge in [-0.15, -0.1) is 10.2 Å². The summed E-state index contributed by atoms with van der Waals surface area (Å²) in [5.41, 5.74) is 0.769. The molecule has 1 fully saturated rings. The van der Waals surface area contributed by atoms with Crippen molar-refractivity contribution in [3.63, 3.8) is 0 Å². The lowest BCUT2D eigenvalue weighted by Gasteiger charge is -1.98. The van der Waals surface area contributed by atoms with Gasteiger partial charge in [0, 0.05) is 18.2 Å². The van der Waals surface area contributed by atoms with Gasteiger partial charge in [0.2, 0.25) is 0 Å². The van der Waals surface area contributed by atoms with Crippen LogP contribution in [0.4, 0.5) is 4.39 Å². The van der Waals surface area contributed by atoms with Gasteiger partial charge in [-0.1, -0.05) is 17.4 Å². The zero-order chi connectivity index (χ0) is 12.5. The summed E-state index contributed by atoms with van der Waals surface area (Å²) < 4.78 is 13.9. The van der Waals surface area contributed by atoms with Gasteiger partial charge in [0.15, 0.2) is 0 Å². The monoisotopic (exact) mass is 327 g/mol. The summed E-state index contributed by atoms with van der Waals surface area (Å²) in [6.07, 6.45) is 2.51. The van der Waals surface area contributed by atoms with Crippen molar-refractivity contribution in [1.29, 1.82) is 0 Å². The molecule has 1 aromatic carbocycles. The molecular formula is C12H11BrFN3S. The minimum absolute atomic E-state index is 0.277. The van der Waals surface area contributed by atoms with Crippen molar-refractivity contribution < 1.29 is 4.39 Å². The predicted molar refractivity (Wildman–Crippen MR) is 72.9 cm³/mol. The van der Waals surface area contributed by atoms with E-state index in [0.29, 0.717) is 10.5 Å². The fourth-order valence-corrected chi connectivity index (χ4v) is 2.62. The van der Waals surface area contributed by atoms with E-state index in [4.69, 9.17) is 0 Å². The van der Waals surface area contributed by atoms with Crippen LogP contribution in [-0.4, -0.2) is 16.2 Å². The Morgan fingerprint density at radius 2 is 2.22 bits per heavy atom. The van der Waals surface area contributed by atoms with E-state index in [2.05, 4.69) is 31.4 Å². The lowest BCUT2D eigenvalue weighted by molar-refractivity contribution is 0.621. The van der Waals surface area contributed by atoms with Crippen LogP contribution in [0.1, 0.15) is 17.8 Å². The Labute approximate surface area is 117 Å². The summed E-state index contributed by atoms with van der Waals surface area (Å²) >= 11 is 4.64. The van der Waals surface area contributed by atoms with Crippen molar-refractivity contribution in [2.24, 2.45) is 0 Å². The second-order valence-corrected chi connectivity index (χ2v) is 6.20. The summed E-state index contributed by atoms with van der Waals surface area (Å²) in [4.78, 5) is 0. The molecule has 2 aromatic rings. The Bertz CT molecular complexity index is 568. The van der Waals surface area contributed by atoms with Crippen molar-refractivity contribution in [2.45, 2.75) is 25.4 Å². The summed E-state index contributed by atoms with van der Waals surface area (Å²) in [5, 5.41) is 13.3. The second kappa shape index (κ2) is 5.03. The van der Waals surface area contributed by atoms with Gasteiger partial charge in [-0.2, -0.15) is 0 Å². The lowest BCUT2D eigenvalue weighted by atomic mass is 10.2.